The summed E-state index contributed by atoms with van der Waals surface area (Å²) in [6, 6.07) is 3.62. The second-order valence-corrected chi connectivity index (χ2v) is 15.2. The minimum absolute atomic E-state index is 0.0891. The van der Waals surface area contributed by atoms with E-state index in [9.17, 15) is 9.59 Å². The quantitative estimate of drug-likeness (QED) is 0.445. The van der Waals surface area contributed by atoms with Gasteiger partial charge < -0.3 is 14.1 Å². The molecule has 32 heavy (non-hydrogen) atoms. The Balaban J connectivity index is 1.86. The Labute approximate surface area is 189 Å². The third-order valence-electron chi connectivity index (χ3n) is 7.30. The molecule has 1 N–H and O–H groups in total. The molecular formula is C24H33N3O4Si. The highest BCUT2D eigenvalue weighted by Gasteiger charge is 2.43. The second-order valence-electron chi connectivity index (χ2n) is 10.4. The van der Waals surface area contributed by atoms with E-state index in [2.05, 4.69) is 38.8 Å². The number of H-pyrrole nitrogens is 1. The topological polar surface area (TPSA) is 85.7 Å². The molecule has 1 aliphatic rings. The summed E-state index contributed by atoms with van der Waals surface area (Å²) >= 11 is 0. The average Bonchev–Trinajstić information content (AvgIpc) is 3.33. The molecule has 1 fully saturated rings. The summed E-state index contributed by atoms with van der Waals surface area (Å²) in [7, 11) is -0.590. The lowest BCUT2D eigenvalue weighted by Gasteiger charge is -2.39. The number of imidazole rings is 1. The van der Waals surface area contributed by atoms with Gasteiger partial charge in [0.1, 0.15) is 11.3 Å². The van der Waals surface area contributed by atoms with Gasteiger partial charge in [-0.05, 0) is 55.6 Å². The Morgan fingerprint density at radius 3 is 2.59 bits per heavy atom. The molecule has 0 saturated heterocycles. The van der Waals surface area contributed by atoms with E-state index in [-0.39, 0.29) is 22.6 Å². The average molecular weight is 456 g/mol. The third kappa shape index (κ3) is 3.69. The molecular weight excluding hydrogens is 422 g/mol. The summed E-state index contributed by atoms with van der Waals surface area (Å²) in [5, 5.41) is 0.125. The zero-order chi connectivity index (χ0) is 23.4. The van der Waals surface area contributed by atoms with Crippen molar-refractivity contribution in [3.8, 4) is 0 Å². The molecule has 1 aromatic carbocycles. The van der Waals surface area contributed by atoms with Crippen molar-refractivity contribution in [3.05, 3.63) is 45.6 Å². The normalized spacial score (nSPS) is 19.7. The lowest BCUT2D eigenvalue weighted by molar-refractivity contribution is 0.0600. The van der Waals surface area contributed by atoms with Crippen LogP contribution in [0.15, 0.2) is 23.1 Å². The third-order valence-corrected chi connectivity index (χ3v) is 11.8. The van der Waals surface area contributed by atoms with Crippen molar-refractivity contribution in [2.24, 2.45) is 0 Å². The van der Waals surface area contributed by atoms with Gasteiger partial charge in [-0.3, -0.25) is 9.20 Å². The van der Waals surface area contributed by atoms with Gasteiger partial charge in [0.15, 0.2) is 8.32 Å². The fourth-order valence-corrected chi connectivity index (χ4v) is 5.85. The number of methoxy groups -OCH3 is 1. The van der Waals surface area contributed by atoms with Gasteiger partial charge in [-0.1, -0.05) is 27.2 Å². The van der Waals surface area contributed by atoms with Crippen LogP contribution < -0.4 is 5.56 Å². The number of hydrogen-bond donors (Lipinski definition) is 1. The standard InChI is InChI=1S/C24H33N3O4Si/c1-14-11-18-17(12-16(14)23(29)30-5)26-22(28)19-13-25-21(27(18)19)15-9-8-10-20(15)31-32(6,7)24(2,3)4/h11-13,15,20H,8-10H2,1-7H3,(H,26,28)/t15-,20+/m1/s1. The molecule has 2 heterocycles. The van der Waals surface area contributed by atoms with Crippen LogP contribution in [0.3, 0.4) is 0 Å². The molecule has 3 aromatic rings. The first-order valence-corrected chi connectivity index (χ1v) is 14.2. The van der Waals surface area contributed by atoms with Crippen molar-refractivity contribution in [1.82, 2.24) is 14.4 Å². The SMILES string of the molecule is COC(=O)c1cc2[nH]c(=O)c3cnc([C@@H]4CCC[C@@H]4O[Si](C)(C)C(C)(C)C)n3c2cc1C. The summed E-state index contributed by atoms with van der Waals surface area (Å²) in [6.07, 6.45) is 4.79. The van der Waals surface area contributed by atoms with Gasteiger partial charge >= 0.3 is 5.97 Å². The van der Waals surface area contributed by atoms with Gasteiger partial charge in [0.05, 0.1) is 36.0 Å². The molecule has 2 aromatic heterocycles. The number of hydrogen-bond acceptors (Lipinski definition) is 5. The van der Waals surface area contributed by atoms with E-state index < -0.39 is 14.3 Å². The van der Waals surface area contributed by atoms with Crippen LogP contribution in [0, 0.1) is 6.92 Å². The Morgan fingerprint density at radius 1 is 1.22 bits per heavy atom. The number of carbonyl (C=O) groups excluding carboxylic acids is 1. The number of aryl methyl sites for hydroxylation is 1. The molecule has 0 bridgehead atoms. The van der Waals surface area contributed by atoms with Crippen molar-refractivity contribution in [2.75, 3.05) is 7.11 Å². The predicted octanol–water partition coefficient (Wildman–Crippen LogP) is 4.93. The number of carbonyl (C=O) groups is 1. The molecule has 1 aliphatic carbocycles. The van der Waals surface area contributed by atoms with E-state index >= 15 is 0 Å². The number of benzene rings is 1. The Kier molecular flexibility index (Phi) is 5.57. The number of fused-ring (bicyclic) bond motifs is 3. The van der Waals surface area contributed by atoms with E-state index in [1.807, 2.05) is 17.4 Å². The summed E-state index contributed by atoms with van der Waals surface area (Å²) in [4.78, 5) is 32.6. The smallest absolute Gasteiger partial charge is 0.338 e. The predicted molar refractivity (Wildman–Crippen MR) is 128 cm³/mol. The van der Waals surface area contributed by atoms with Gasteiger partial charge in [0, 0.05) is 5.92 Å². The van der Waals surface area contributed by atoms with E-state index in [1.54, 1.807) is 12.3 Å². The van der Waals surface area contributed by atoms with Crippen molar-refractivity contribution >= 4 is 30.8 Å². The summed E-state index contributed by atoms with van der Waals surface area (Å²) < 4.78 is 13.7. The Morgan fingerprint density at radius 2 is 1.94 bits per heavy atom. The Hall–Kier alpha value is -2.45. The number of nitrogens with one attached hydrogen (secondary N) is 1. The van der Waals surface area contributed by atoms with Gasteiger partial charge in [-0.2, -0.15) is 0 Å². The number of aromatic nitrogens is 3. The zero-order valence-corrected chi connectivity index (χ0v) is 21.0. The van der Waals surface area contributed by atoms with E-state index in [0.717, 1.165) is 36.2 Å². The molecule has 0 amide bonds. The van der Waals surface area contributed by atoms with E-state index in [4.69, 9.17) is 14.1 Å². The highest BCUT2D eigenvalue weighted by atomic mass is 28.4. The van der Waals surface area contributed by atoms with Crippen LogP contribution in [0.1, 0.15) is 67.7 Å². The van der Waals surface area contributed by atoms with Gasteiger partial charge in [-0.25, -0.2) is 9.78 Å². The minimum atomic E-state index is -1.95. The van der Waals surface area contributed by atoms with Crippen molar-refractivity contribution in [3.63, 3.8) is 0 Å². The summed E-state index contributed by atoms with van der Waals surface area (Å²) in [5.41, 5.74) is 2.93. The van der Waals surface area contributed by atoms with Crippen molar-refractivity contribution in [2.45, 2.75) is 77.1 Å². The molecule has 4 rings (SSSR count). The first-order chi connectivity index (χ1) is 14.9. The molecule has 2 atom stereocenters. The molecule has 0 unspecified atom stereocenters. The summed E-state index contributed by atoms with van der Waals surface area (Å²) in [5.74, 6) is 0.564. The largest absolute Gasteiger partial charge is 0.465 e. The van der Waals surface area contributed by atoms with Crippen molar-refractivity contribution < 1.29 is 14.0 Å². The van der Waals surface area contributed by atoms with Gasteiger partial charge in [0.25, 0.3) is 5.56 Å². The second kappa shape index (κ2) is 7.85. The fourth-order valence-electron chi connectivity index (χ4n) is 4.45. The molecule has 0 spiro atoms. The van der Waals surface area contributed by atoms with Crippen LogP contribution in [-0.4, -0.2) is 41.9 Å². The molecule has 8 heteroatoms. The molecule has 0 aliphatic heterocycles. The fraction of sp³-hybridized carbons (Fsp3) is 0.542. The number of ether oxygens (including phenoxy) is 1. The lowest BCUT2D eigenvalue weighted by Crippen LogP contribution is -2.44. The van der Waals surface area contributed by atoms with E-state index in [1.165, 1.54) is 7.11 Å². The van der Waals surface area contributed by atoms with Crippen LogP contribution >= 0.6 is 0 Å². The van der Waals surface area contributed by atoms with E-state index in [0.29, 0.717) is 16.6 Å². The number of nitrogens with zero attached hydrogens (tertiary/aromatic N) is 2. The molecule has 1 saturated carbocycles. The maximum atomic E-state index is 12.8. The highest BCUT2D eigenvalue weighted by molar-refractivity contribution is 6.74. The maximum absolute atomic E-state index is 12.8. The molecule has 172 valence electrons. The molecule has 7 nitrogen and oxygen atoms in total. The van der Waals surface area contributed by atoms with Crippen LogP contribution in [0.5, 0.6) is 0 Å². The lowest BCUT2D eigenvalue weighted by atomic mass is 10.0. The Bertz CT molecular complexity index is 1250. The number of aromatic amines is 1. The van der Waals surface area contributed by atoms with Gasteiger partial charge in [0.2, 0.25) is 0 Å². The minimum Gasteiger partial charge on any atom is -0.465 e. The summed E-state index contributed by atoms with van der Waals surface area (Å²) in [6.45, 7) is 13.2. The van der Waals surface area contributed by atoms with Crippen LogP contribution in [-0.2, 0) is 9.16 Å². The van der Waals surface area contributed by atoms with Crippen LogP contribution in [0.25, 0.3) is 16.6 Å². The number of esters is 1. The first kappa shape index (κ1) is 22.7. The first-order valence-electron chi connectivity index (χ1n) is 11.2. The van der Waals surface area contributed by atoms with Crippen LogP contribution in [0.4, 0.5) is 0 Å². The molecule has 0 radical (unpaired) electrons. The maximum Gasteiger partial charge on any atom is 0.338 e. The van der Waals surface area contributed by atoms with Crippen molar-refractivity contribution in [1.29, 1.82) is 0 Å². The zero-order valence-electron chi connectivity index (χ0n) is 20.0. The highest BCUT2D eigenvalue weighted by Crippen LogP contribution is 2.43. The van der Waals surface area contributed by atoms with Gasteiger partial charge in [-0.15, -0.1) is 0 Å². The number of rotatable bonds is 4. The van der Waals surface area contributed by atoms with Crippen LogP contribution in [0.2, 0.25) is 18.1 Å². The monoisotopic (exact) mass is 455 g/mol.